The molecule has 4 rings (SSSR count). The molecule has 0 aromatic heterocycles. The number of rotatable bonds is 3. The molecule has 26 heavy (non-hydrogen) atoms. The van der Waals surface area contributed by atoms with Gasteiger partial charge in [-0.25, -0.2) is 4.79 Å². The Morgan fingerprint density at radius 1 is 1.27 bits per heavy atom. The van der Waals surface area contributed by atoms with E-state index in [-0.39, 0.29) is 23.6 Å². The lowest BCUT2D eigenvalue weighted by Crippen LogP contribution is -2.67. The molecule has 0 spiro atoms. The Kier molecular flexibility index (Phi) is 4.75. The smallest absolute Gasteiger partial charge is 0.319 e. The molecule has 0 bridgehead atoms. The molecule has 0 unspecified atom stereocenters. The summed E-state index contributed by atoms with van der Waals surface area (Å²) in [7, 11) is 0. The number of carbonyl (C=O) groups excluding carboxylic acids is 1. The van der Waals surface area contributed by atoms with Crippen molar-refractivity contribution >= 4 is 29.0 Å². The van der Waals surface area contributed by atoms with Crippen molar-refractivity contribution in [3.8, 4) is 0 Å². The highest BCUT2D eigenvalue weighted by molar-refractivity contribution is 6.31. The first kappa shape index (κ1) is 17.9. The molecule has 6 nitrogen and oxygen atoms in total. The van der Waals surface area contributed by atoms with Crippen molar-refractivity contribution in [3.63, 3.8) is 0 Å². The van der Waals surface area contributed by atoms with E-state index in [9.17, 15) is 4.79 Å². The van der Waals surface area contributed by atoms with E-state index >= 15 is 0 Å². The maximum absolute atomic E-state index is 12.7. The standard InChI is InChI=1S/C19H26ClN3O3/c1-19(2)16(13-5-8-26-17(13)19)22-18(24)21-14-11-12(20)3-4-15(14)23-6-9-25-10-7-23/h3-4,11,13,16-17H,5-10H2,1-2H3,(H2,21,22,24)/t13-,16+,17+/m0/s1. The molecule has 0 radical (unpaired) electrons. The van der Waals surface area contributed by atoms with Crippen LogP contribution in [0.4, 0.5) is 16.2 Å². The number of halogens is 1. The second-order valence-corrected chi connectivity index (χ2v) is 8.34. The Hall–Kier alpha value is -1.50. The van der Waals surface area contributed by atoms with Crippen LogP contribution in [0.1, 0.15) is 20.3 Å². The summed E-state index contributed by atoms with van der Waals surface area (Å²) in [5.41, 5.74) is 1.66. The summed E-state index contributed by atoms with van der Waals surface area (Å²) in [5, 5.41) is 6.77. The fourth-order valence-electron chi connectivity index (χ4n) is 4.61. The fraction of sp³-hybridized carbons (Fsp3) is 0.632. The van der Waals surface area contributed by atoms with Crippen molar-refractivity contribution in [1.82, 2.24) is 5.32 Å². The van der Waals surface area contributed by atoms with Gasteiger partial charge in [0, 0.05) is 42.1 Å². The topological polar surface area (TPSA) is 62.8 Å². The number of benzene rings is 1. The molecule has 2 aliphatic heterocycles. The summed E-state index contributed by atoms with van der Waals surface area (Å²) in [6.45, 7) is 8.07. The van der Waals surface area contributed by atoms with Gasteiger partial charge in [-0.15, -0.1) is 0 Å². The second kappa shape index (κ2) is 6.91. The van der Waals surface area contributed by atoms with E-state index in [1.54, 1.807) is 6.07 Å². The van der Waals surface area contributed by atoms with Gasteiger partial charge >= 0.3 is 6.03 Å². The summed E-state index contributed by atoms with van der Waals surface area (Å²) in [6.07, 6.45) is 1.26. The lowest BCUT2D eigenvalue weighted by Gasteiger charge is -2.54. The third kappa shape index (κ3) is 3.15. The lowest BCUT2D eigenvalue weighted by atomic mass is 9.57. The zero-order chi connectivity index (χ0) is 18.3. The number of carbonyl (C=O) groups is 1. The fourth-order valence-corrected chi connectivity index (χ4v) is 4.78. The number of nitrogens with zero attached hydrogens (tertiary/aromatic N) is 1. The zero-order valence-corrected chi connectivity index (χ0v) is 16.0. The Labute approximate surface area is 159 Å². The second-order valence-electron chi connectivity index (χ2n) is 7.90. The maximum atomic E-state index is 12.7. The van der Waals surface area contributed by atoms with Crippen LogP contribution < -0.4 is 15.5 Å². The van der Waals surface area contributed by atoms with E-state index in [0.29, 0.717) is 24.2 Å². The van der Waals surface area contributed by atoms with Gasteiger partial charge in [-0.3, -0.25) is 0 Å². The lowest BCUT2D eigenvalue weighted by molar-refractivity contribution is -0.107. The molecule has 7 heteroatoms. The molecule has 1 saturated carbocycles. The predicted molar refractivity (Wildman–Crippen MR) is 102 cm³/mol. The Morgan fingerprint density at radius 2 is 2.04 bits per heavy atom. The quantitative estimate of drug-likeness (QED) is 0.847. The number of nitrogens with one attached hydrogen (secondary N) is 2. The summed E-state index contributed by atoms with van der Waals surface area (Å²) in [5.74, 6) is 0.411. The SMILES string of the molecule is CC1(C)[C@H](NC(=O)Nc2cc(Cl)ccc2N2CCOCC2)[C@@H]2CCO[C@H]21. The minimum Gasteiger partial charge on any atom is -0.378 e. The van der Waals surface area contributed by atoms with Crippen molar-refractivity contribution in [1.29, 1.82) is 0 Å². The molecule has 3 fully saturated rings. The van der Waals surface area contributed by atoms with E-state index in [2.05, 4.69) is 29.4 Å². The van der Waals surface area contributed by atoms with E-state index in [1.807, 2.05) is 12.1 Å². The van der Waals surface area contributed by atoms with Crippen molar-refractivity contribution in [2.24, 2.45) is 11.3 Å². The Balaban J connectivity index is 1.46. The number of anilines is 2. The van der Waals surface area contributed by atoms with E-state index in [1.165, 1.54) is 0 Å². The average Bonchev–Trinajstić information content (AvgIpc) is 3.08. The summed E-state index contributed by atoms with van der Waals surface area (Å²) in [4.78, 5) is 14.9. The van der Waals surface area contributed by atoms with Gasteiger partial charge in [-0.2, -0.15) is 0 Å². The van der Waals surface area contributed by atoms with Gasteiger partial charge < -0.3 is 25.0 Å². The van der Waals surface area contributed by atoms with Crippen LogP contribution in [0.25, 0.3) is 0 Å². The van der Waals surface area contributed by atoms with Crippen LogP contribution in [0.3, 0.4) is 0 Å². The van der Waals surface area contributed by atoms with Crippen LogP contribution >= 0.6 is 11.6 Å². The van der Waals surface area contributed by atoms with Gasteiger partial charge in [0.2, 0.25) is 0 Å². The molecule has 2 saturated heterocycles. The number of hydrogen-bond acceptors (Lipinski definition) is 4. The molecule has 3 atom stereocenters. The number of morpholine rings is 1. The highest BCUT2D eigenvalue weighted by Crippen LogP contribution is 2.52. The monoisotopic (exact) mass is 379 g/mol. The molecule has 2 N–H and O–H groups in total. The molecule has 1 aromatic carbocycles. The van der Waals surface area contributed by atoms with Crippen LogP contribution in [0, 0.1) is 11.3 Å². The summed E-state index contributed by atoms with van der Waals surface area (Å²) >= 11 is 6.17. The zero-order valence-electron chi connectivity index (χ0n) is 15.3. The van der Waals surface area contributed by atoms with E-state index < -0.39 is 0 Å². The van der Waals surface area contributed by atoms with Crippen molar-refractivity contribution in [2.45, 2.75) is 32.4 Å². The minimum atomic E-state index is -0.190. The molecule has 3 aliphatic rings. The van der Waals surface area contributed by atoms with Gasteiger partial charge in [-0.05, 0) is 24.6 Å². The number of amides is 2. The number of urea groups is 1. The molecule has 1 aliphatic carbocycles. The molecular formula is C19H26ClN3O3. The maximum Gasteiger partial charge on any atom is 0.319 e. The van der Waals surface area contributed by atoms with Gasteiger partial charge in [0.15, 0.2) is 0 Å². The van der Waals surface area contributed by atoms with Gasteiger partial charge in [0.1, 0.15) is 0 Å². The van der Waals surface area contributed by atoms with Crippen molar-refractivity contribution in [3.05, 3.63) is 23.2 Å². The van der Waals surface area contributed by atoms with Gasteiger partial charge in [-0.1, -0.05) is 25.4 Å². The summed E-state index contributed by atoms with van der Waals surface area (Å²) < 4.78 is 11.2. The van der Waals surface area contributed by atoms with Gasteiger partial charge in [0.25, 0.3) is 0 Å². The van der Waals surface area contributed by atoms with Gasteiger partial charge in [0.05, 0.1) is 30.7 Å². The van der Waals surface area contributed by atoms with Crippen LogP contribution in [0.2, 0.25) is 5.02 Å². The molecule has 142 valence electrons. The molecule has 2 heterocycles. The Bertz CT molecular complexity index is 691. The first-order chi connectivity index (χ1) is 12.5. The van der Waals surface area contributed by atoms with Crippen LogP contribution in [-0.4, -0.2) is 51.1 Å². The summed E-state index contributed by atoms with van der Waals surface area (Å²) in [6, 6.07) is 5.55. The molecular weight excluding hydrogens is 354 g/mol. The largest absolute Gasteiger partial charge is 0.378 e. The first-order valence-electron chi connectivity index (χ1n) is 9.28. The highest BCUT2D eigenvalue weighted by atomic mass is 35.5. The minimum absolute atomic E-state index is 0.0418. The number of fused-ring (bicyclic) bond motifs is 1. The average molecular weight is 380 g/mol. The van der Waals surface area contributed by atoms with Crippen LogP contribution in [0.5, 0.6) is 0 Å². The van der Waals surface area contributed by atoms with E-state index in [0.717, 1.165) is 37.5 Å². The number of ether oxygens (including phenoxy) is 2. The van der Waals surface area contributed by atoms with Crippen molar-refractivity contribution in [2.75, 3.05) is 43.1 Å². The normalized spacial score (nSPS) is 29.7. The van der Waals surface area contributed by atoms with Crippen molar-refractivity contribution < 1.29 is 14.3 Å². The van der Waals surface area contributed by atoms with Crippen LogP contribution in [0.15, 0.2) is 18.2 Å². The van der Waals surface area contributed by atoms with Crippen LogP contribution in [-0.2, 0) is 9.47 Å². The number of hydrogen-bond donors (Lipinski definition) is 2. The first-order valence-corrected chi connectivity index (χ1v) is 9.66. The third-order valence-electron chi connectivity index (χ3n) is 5.95. The Morgan fingerprint density at radius 3 is 2.81 bits per heavy atom. The molecule has 2 amide bonds. The third-order valence-corrected chi connectivity index (χ3v) is 6.18. The van der Waals surface area contributed by atoms with E-state index in [4.69, 9.17) is 21.1 Å². The highest BCUT2D eigenvalue weighted by Gasteiger charge is 2.59. The molecule has 1 aromatic rings. The predicted octanol–water partition coefficient (Wildman–Crippen LogP) is 3.11.